The van der Waals surface area contributed by atoms with Gasteiger partial charge in [0.25, 0.3) is 7.82 Å². The number of carbonyl (C=O) groups excluding carboxylic acids is 3. The van der Waals surface area contributed by atoms with Gasteiger partial charge in [-0.2, -0.15) is 0 Å². The quantitative estimate of drug-likeness (QED) is 0.0186. The van der Waals surface area contributed by atoms with Crippen LogP contribution in [0.2, 0.25) is 0 Å². The molecule has 0 saturated carbocycles. The van der Waals surface area contributed by atoms with Crippen LogP contribution in [-0.2, 0) is 37.5 Å². The number of nitrogens with zero attached hydrogens (tertiary/aromatic N) is 1. The third kappa shape index (κ3) is 32.9. The number of aliphatic hydroxyl groups excluding tert-OH is 1. The summed E-state index contributed by atoms with van der Waals surface area (Å²) < 4.78 is 33.5. The van der Waals surface area contributed by atoms with Gasteiger partial charge in [0.15, 0.2) is 6.10 Å². The normalized spacial score (nSPS) is 14.5. The zero-order valence-corrected chi connectivity index (χ0v) is 31.5. The van der Waals surface area contributed by atoms with E-state index < -0.39 is 38.6 Å². The molecule has 0 aliphatic carbocycles. The number of hydrogen-bond donors (Lipinski definition) is 1. The summed E-state index contributed by atoms with van der Waals surface area (Å²) in [5.41, 5.74) is 0. The molecule has 1 N–H and O–H groups in total. The van der Waals surface area contributed by atoms with E-state index in [1.807, 2.05) is 21.1 Å². The van der Waals surface area contributed by atoms with E-state index in [2.05, 4.69) is 6.92 Å². The molecule has 0 heterocycles. The highest BCUT2D eigenvalue weighted by molar-refractivity contribution is 7.45. The van der Waals surface area contributed by atoms with Crippen LogP contribution in [0, 0.1) is 0 Å². The molecule has 0 rings (SSSR count). The molecule has 0 aliphatic rings. The minimum Gasteiger partial charge on any atom is -0.756 e. The zero-order chi connectivity index (χ0) is 35.9. The second kappa shape index (κ2) is 30.2. The van der Waals surface area contributed by atoms with Crippen molar-refractivity contribution in [3.05, 3.63) is 12.2 Å². The maximum absolute atomic E-state index is 12.5. The Hall–Kier alpha value is -1.62. The predicted molar refractivity (Wildman–Crippen MR) is 187 cm³/mol. The van der Waals surface area contributed by atoms with Gasteiger partial charge in [0.2, 0.25) is 0 Å². The van der Waals surface area contributed by atoms with Crippen molar-refractivity contribution in [2.45, 2.75) is 154 Å². The van der Waals surface area contributed by atoms with E-state index in [1.54, 1.807) is 0 Å². The number of aliphatic hydroxyl groups is 1. The Morgan fingerprint density at radius 2 is 1.25 bits per heavy atom. The molecule has 3 atom stereocenters. The van der Waals surface area contributed by atoms with Gasteiger partial charge in [0, 0.05) is 12.8 Å². The van der Waals surface area contributed by atoms with Gasteiger partial charge in [0.05, 0.1) is 33.9 Å². The summed E-state index contributed by atoms with van der Waals surface area (Å²) in [5.74, 6) is -0.951. The van der Waals surface area contributed by atoms with Gasteiger partial charge >= 0.3 is 11.9 Å². The number of rotatable bonds is 34. The second-order valence-corrected chi connectivity index (χ2v) is 15.2. The van der Waals surface area contributed by atoms with E-state index in [0.29, 0.717) is 36.6 Å². The van der Waals surface area contributed by atoms with Gasteiger partial charge in [-0.25, -0.2) is 0 Å². The molecular formula is C36H68NO10P. The number of aldehydes is 1. The number of hydrogen-bond acceptors (Lipinski definition) is 10. The molecule has 0 radical (unpaired) electrons. The fraction of sp³-hybridized carbons (Fsp3) is 0.861. The van der Waals surface area contributed by atoms with Gasteiger partial charge in [-0.15, -0.1) is 0 Å². The summed E-state index contributed by atoms with van der Waals surface area (Å²) in [7, 11) is 1.07. The van der Waals surface area contributed by atoms with E-state index >= 15 is 0 Å². The number of allylic oxidation sites excluding steroid dienone is 1. The molecule has 0 fully saturated rings. The Bertz CT molecular complexity index is 892. The highest BCUT2D eigenvalue weighted by Gasteiger charge is 2.21. The molecule has 0 aromatic carbocycles. The van der Waals surface area contributed by atoms with E-state index in [-0.39, 0.29) is 26.1 Å². The lowest BCUT2D eigenvalue weighted by Gasteiger charge is -2.28. The average molecular weight is 706 g/mol. The van der Waals surface area contributed by atoms with Crippen LogP contribution in [0.3, 0.4) is 0 Å². The minimum atomic E-state index is -4.65. The maximum atomic E-state index is 12.5. The number of ether oxygens (including phenoxy) is 2. The smallest absolute Gasteiger partial charge is 0.306 e. The van der Waals surface area contributed by atoms with Crippen molar-refractivity contribution in [3.63, 3.8) is 0 Å². The van der Waals surface area contributed by atoms with Crippen LogP contribution in [0.1, 0.15) is 142 Å². The van der Waals surface area contributed by atoms with Crippen molar-refractivity contribution in [3.8, 4) is 0 Å². The highest BCUT2D eigenvalue weighted by atomic mass is 31.2. The molecule has 0 bridgehead atoms. The Balaban J connectivity index is 4.46. The summed E-state index contributed by atoms with van der Waals surface area (Å²) in [6, 6.07) is 0. The second-order valence-electron chi connectivity index (χ2n) is 13.8. The largest absolute Gasteiger partial charge is 0.756 e. The Labute approximate surface area is 291 Å². The minimum absolute atomic E-state index is 0.0583. The molecule has 0 aliphatic heterocycles. The molecule has 11 nitrogen and oxygen atoms in total. The molecule has 12 heteroatoms. The van der Waals surface area contributed by atoms with Crippen LogP contribution in [-0.4, -0.2) is 87.5 Å². The topological polar surface area (TPSA) is 148 Å². The molecule has 0 aromatic rings. The van der Waals surface area contributed by atoms with Crippen molar-refractivity contribution in [1.29, 1.82) is 0 Å². The number of esters is 2. The zero-order valence-electron chi connectivity index (χ0n) is 30.6. The van der Waals surface area contributed by atoms with Crippen molar-refractivity contribution in [1.82, 2.24) is 0 Å². The number of unbranched alkanes of at least 4 members (excludes halogenated alkanes) is 16. The van der Waals surface area contributed by atoms with E-state index in [1.165, 1.54) is 69.9 Å². The first kappa shape index (κ1) is 46.4. The Morgan fingerprint density at radius 1 is 0.750 bits per heavy atom. The molecule has 3 unspecified atom stereocenters. The number of phosphoric ester groups is 1. The molecule has 0 amide bonds. The van der Waals surface area contributed by atoms with Crippen molar-refractivity contribution < 1.29 is 52.0 Å². The summed E-state index contributed by atoms with van der Waals surface area (Å²) in [6.45, 7) is 1.81. The van der Waals surface area contributed by atoms with Gasteiger partial charge in [-0.05, 0) is 25.3 Å². The van der Waals surface area contributed by atoms with Crippen LogP contribution in [0.4, 0.5) is 0 Å². The monoisotopic (exact) mass is 705 g/mol. The lowest BCUT2D eigenvalue weighted by atomic mass is 10.0. The predicted octanol–water partition coefficient (Wildman–Crippen LogP) is 6.98. The van der Waals surface area contributed by atoms with Crippen LogP contribution in [0.15, 0.2) is 12.2 Å². The number of carbonyl (C=O) groups is 3. The first-order valence-electron chi connectivity index (χ1n) is 18.4. The van der Waals surface area contributed by atoms with Gasteiger partial charge in [0.1, 0.15) is 26.0 Å². The average Bonchev–Trinajstić information content (AvgIpc) is 3.02. The standard InChI is InChI=1S/C36H68NO10P/c1-5-6-7-8-9-10-11-12-13-14-15-18-21-26-35(40)44-31-34(32-46-48(42,43)45-30-28-37(2,3)4)47-36(41)27-22-19-16-17-20-24-33(39)25-23-29-38/h23,25,29,33-34,39H,5-22,24,26-28,30-32H2,1-4H3/b25-23+. The fourth-order valence-electron chi connectivity index (χ4n) is 4.97. The van der Waals surface area contributed by atoms with Crippen LogP contribution in [0.5, 0.6) is 0 Å². The Morgan fingerprint density at radius 3 is 1.77 bits per heavy atom. The SMILES string of the molecule is CCCCCCCCCCCCCCCC(=O)OCC(COP(=O)([O-])OCC[N+](C)(C)C)OC(=O)CCCCCCCC(O)/C=C/C=O. The number of likely N-dealkylation sites (N-methyl/N-ethyl adjacent to an activating group) is 1. The third-order valence-electron chi connectivity index (χ3n) is 7.94. The molecule has 48 heavy (non-hydrogen) atoms. The van der Waals surface area contributed by atoms with Crippen LogP contribution >= 0.6 is 7.82 Å². The molecule has 0 spiro atoms. The van der Waals surface area contributed by atoms with Gasteiger partial charge in [-0.3, -0.25) is 18.9 Å². The Kier molecular flexibility index (Phi) is 29.2. The first-order chi connectivity index (χ1) is 22.9. The maximum Gasteiger partial charge on any atom is 0.306 e. The summed E-state index contributed by atoms with van der Waals surface area (Å²) in [5, 5.41) is 9.72. The molecule has 0 aromatic heterocycles. The highest BCUT2D eigenvalue weighted by Crippen LogP contribution is 2.38. The van der Waals surface area contributed by atoms with Gasteiger partial charge < -0.3 is 33.0 Å². The fourth-order valence-corrected chi connectivity index (χ4v) is 5.70. The van der Waals surface area contributed by atoms with Crippen molar-refractivity contribution in [2.24, 2.45) is 0 Å². The summed E-state index contributed by atoms with van der Waals surface area (Å²) in [6.07, 6.45) is 22.1. The lowest BCUT2D eigenvalue weighted by Crippen LogP contribution is -2.37. The van der Waals surface area contributed by atoms with E-state index in [9.17, 15) is 28.9 Å². The van der Waals surface area contributed by atoms with E-state index in [0.717, 1.165) is 44.9 Å². The third-order valence-corrected chi connectivity index (χ3v) is 8.90. The van der Waals surface area contributed by atoms with E-state index in [4.69, 9.17) is 18.5 Å². The van der Waals surface area contributed by atoms with Crippen LogP contribution < -0.4 is 4.89 Å². The van der Waals surface area contributed by atoms with Crippen LogP contribution in [0.25, 0.3) is 0 Å². The molecule has 282 valence electrons. The molecule has 0 saturated heterocycles. The van der Waals surface area contributed by atoms with Crippen molar-refractivity contribution >= 4 is 26.0 Å². The number of phosphoric acid groups is 1. The first-order valence-corrected chi connectivity index (χ1v) is 19.9. The van der Waals surface area contributed by atoms with Crippen molar-refractivity contribution in [2.75, 3.05) is 47.5 Å². The lowest BCUT2D eigenvalue weighted by molar-refractivity contribution is -0.870. The summed E-state index contributed by atoms with van der Waals surface area (Å²) >= 11 is 0. The summed E-state index contributed by atoms with van der Waals surface area (Å²) in [4.78, 5) is 47.5. The van der Waals surface area contributed by atoms with Gasteiger partial charge in [-0.1, -0.05) is 116 Å². The number of quaternary nitrogens is 1. The molecular weight excluding hydrogens is 637 g/mol.